The van der Waals surface area contributed by atoms with Gasteiger partial charge in [-0.05, 0) is 47.9 Å². The molecule has 10 heteroatoms. The topological polar surface area (TPSA) is 43.4 Å². The summed E-state index contributed by atoms with van der Waals surface area (Å²) in [5.74, 6) is -3.95. The highest BCUT2D eigenvalue weighted by Crippen LogP contribution is 2.41. The number of ether oxygens (including phenoxy) is 1. The molecular weight excluding hydrogens is 474 g/mol. The molecule has 1 atom stereocenters. The van der Waals surface area contributed by atoms with Gasteiger partial charge < -0.3 is 4.74 Å². The van der Waals surface area contributed by atoms with E-state index in [0.717, 1.165) is 12.1 Å². The molecule has 33 heavy (non-hydrogen) atoms. The fourth-order valence-electron chi connectivity index (χ4n) is 3.58. The number of carbonyl (C=O) groups is 2. The SMILES string of the molecule is CCOC(=O)c1cc2c(cc1Cl)CC(C(=O)CC(c1cccc(C(F)(F)F)c1)C(F)(F)F)=C2. The quantitative estimate of drug-likeness (QED) is 0.331. The lowest BCUT2D eigenvalue weighted by molar-refractivity contribution is -0.156. The van der Waals surface area contributed by atoms with Gasteiger partial charge in [0.25, 0.3) is 0 Å². The second kappa shape index (κ2) is 9.21. The van der Waals surface area contributed by atoms with E-state index in [1.807, 2.05) is 0 Å². The van der Waals surface area contributed by atoms with Crippen molar-refractivity contribution < 1.29 is 40.7 Å². The second-order valence-corrected chi connectivity index (χ2v) is 7.85. The Hall–Kier alpha value is -2.81. The maximum Gasteiger partial charge on any atom is 0.416 e. The normalized spacial score (nSPS) is 14.5. The van der Waals surface area contributed by atoms with Crippen molar-refractivity contribution in [1.82, 2.24) is 0 Å². The predicted molar refractivity (Wildman–Crippen MR) is 109 cm³/mol. The molecule has 0 saturated heterocycles. The van der Waals surface area contributed by atoms with Crippen molar-refractivity contribution in [3.63, 3.8) is 0 Å². The summed E-state index contributed by atoms with van der Waals surface area (Å²) in [5, 5.41) is 0.0754. The highest BCUT2D eigenvalue weighted by molar-refractivity contribution is 6.33. The number of alkyl halides is 6. The zero-order valence-corrected chi connectivity index (χ0v) is 17.9. The number of ketones is 1. The van der Waals surface area contributed by atoms with Crippen LogP contribution in [0.3, 0.4) is 0 Å². The number of hydrogen-bond acceptors (Lipinski definition) is 3. The Kier molecular flexibility index (Phi) is 6.93. The number of rotatable bonds is 6. The first-order chi connectivity index (χ1) is 15.3. The third kappa shape index (κ3) is 5.58. The first kappa shape index (κ1) is 24.8. The van der Waals surface area contributed by atoms with Gasteiger partial charge in [0.15, 0.2) is 5.78 Å². The van der Waals surface area contributed by atoms with E-state index in [1.165, 1.54) is 18.2 Å². The van der Waals surface area contributed by atoms with Gasteiger partial charge in [-0.1, -0.05) is 29.8 Å². The van der Waals surface area contributed by atoms with Gasteiger partial charge >= 0.3 is 18.3 Å². The van der Waals surface area contributed by atoms with Crippen molar-refractivity contribution >= 4 is 29.4 Å². The lowest BCUT2D eigenvalue weighted by Crippen LogP contribution is -2.24. The Morgan fingerprint density at radius 1 is 1.09 bits per heavy atom. The molecule has 1 unspecified atom stereocenters. The molecule has 3 rings (SSSR count). The molecule has 2 aromatic carbocycles. The maximum atomic E-state index is 13.7. The van der Waals surface area contributed by atoms with Gasteiger partial charge in [0.05, 0.1) is 28.7 Å². The highest BCUT2D eigenvalue weighted by atomic mass is 35.5. The van der Waals surface area contributed by atoms with Gasteiger partial charge in [-0.25, -0.2) is 4.79 Å². The first-order valence-electron chi connectivity index (χ1n) is 9.78. The molecule has 0 aromatic heterocycles. The summed E-state index contributed by atoms with van der Waals surface area (Å²) >= 11 is 6.09. The molecule has 3 nitrogen and oxygen atoms in total. The van der Waals surface area contributed by atoms with Gasteiger partial charge in [0.1, 0.15) is 0 Å². The standard InChI is InChI=1S/C23H17ClF6O3/c1-2-33-21(32)17-9-13-6-15(7-14(13)10-19(17)24)20(31)11-18(23(28,29)30)12-4-3-5-16(8-12)22(25,26)27/h3-6,8-10,18H,2,7,11H2,1H3. The Morgan fingerprint density at radius 2 is 1.79 bits per heavy atom. The molecule has 0 bridgehead atoms. The van der Waals surface area contributed by atoms with Gasteiger partial charge in [-0.2, -0.15) is 26.3 Å². The molecular formula is C23H17ClF6O3. The van der Waals surface area contributed by atoms with Crippen LogP contribution >= 0.6 is 11.6 Å². The van der Waals surface area contributed by atoms with Crippen LogP contribution in [0.2, 0.25) is 5.02 Å². The number of carbonyl (C=O) groups excluding carboxylic acids is 2. The van der Waals surface area contributed by atoms with Gasteiger partial charge in [0, 0.05) is 18.4 Å². The van der Waals surface area contributed by atoms with E-state index in [2.05, 4.69) is 0 Å². The molecule has 1 aliphatic carbocycles. The van der Waals surface area contributed by atoms with Crippen molar-refractivity contribution in [2.75, 3.05) is 6.61 Å². The van der Waals surface area contributed by atoms with Crippen LogP contribution in [0.1, 0.15) is 51.9 Å². The van der Waals surface area contributed by atoms with Gasteiger partial charge in [0.2, 0.25) is 0 Å². The number of Topliss-reactive ketones (excluding diaryl/α,β-unsaturated/α-hetero) is 1. The predicted octanol–water partition coefficient (Wildman–Crippen LogP) is 6.78. The number of benzene rings is 2. The average molecular weight is 491 g/mol. The largest absolute Gasteiger partial charge is 0.462 e. The average Bonchev–Trinajstić information content (AvgIpc) is 3.13. The van der Waals surface area contributed by atoms with Crippen molar-refractivity contribution in [1.29, 1.82) is 0 Å². The highest BCUT2D eigenvalue weighted by Gasteiger charge is 2.43. The number of halogens is 7. The van der Waals surface area contributed by atoms with Crippen LogP contribution in [0.5, 0.6) is 0 Å². The third-order valence-corrected chi connectivity index (χ3v) is 5.51. The van der Waals surface area contributed by atoms with E-state index < -0.39 is 47.6 Å². The molecule has 0 saturated carbocycles. The lowest BCUT2D eigenvalue weighted by atomic mass is 9.89. The summed E-state index contributed by atoms with van der Waals surface area (Å²) < 4.78 is 84.8. The van der Waals surface area contributed by atoms with E-state index in [4.69, 9.17) is 16.3 Å². The molecule has 0 amide bonds. The summed E-state index contributed by atoms with van der Waals surface area (Å²) in [6, 6.07) is 5.71. The Bertz CT molecular complexity index is 1120. The van der Waals surface area contributed by atoms with E-state index >= 15 is 0 Å². The number of allylic oxidation sites excluding steroid dienone is 1. The van der Waals surface area contributed by atoms with Crippen LogP contribution in [-0.4, -0.2) is 24.5 Å². The van der Waals surface area contributed by atoms with Crippen LogP contribution in [-0.2, 0) is 22.1 Å². The number of fused-ring (bicyclic) bond motifs is 1. The molecule has 0 fully saturated rings. The monoisotopic (exact) mass is 490 g/mol. The van der Waals surface area contributed by atoms with Crippen molar-refractivity contribution in [2.45, 2.75) is 38.0 Å². The minimum Gasteiger partial charge on any atom is -0.462 e. The second-order valence-electron chi connectivity index (χ2n) is 7.44. The van der Waals surface area contributed by atoms with Crippen molar-refractivity contribution in [3.8, 4) is 0 Å². The number of esters is 1. The smallest absolute Gasteiger partial charge is 0.416 e. The Morgan fingerprint density at radius 3 is 2.39 bits per heavy atom. The van der Waals surface area contributed by atoms with Crippen LogP contribution < -0.4 is 0 Å². The van der Waals surface area contributed by atoms with Gasteiger partial charge in [-0.15, -0.1) is 0 Å². The molecule has 0 N–H and O–H groups in total. The minimum absolute atomic E-state index is 0.00976. The fraction of sp³-hybridized carbons (Fsp3) is 0.304. The van der Waals surface area contributed by atoms with E-state index in [-0.39, 0.29) is 29.2 Å². The fourth-order valence-corrected chi connectivity index (χ4v) is 3.84. The lowest BCUT2D eigenvalue weighted by Gasteiger charge is -2.21. The van der Waals surface area contributed by atoms with Crippen molar-refractivity contribution in [2.24, 2.45) is 0 Å². The zero-order chi connectivity index (χ0) is 24.6. The van der Waals surface area contributed by atoms with E-state index in [0.29, 0.717) is 23.3 Å². The van der Waals surface area contributed by atoms with Gasteiger partial charge in [-0.3, -0.25) is 4.79 Å². The third-order valence-electron chi connectivity index (χ3n) is 5.19. The zero-order valence-electron chi connectivity index (χ0n) is 17.1. The molecule has 0 heterocycles. The molecule has 2 aromatic rings. The molecule has 0 radical (unpaired) electrons. The molecule has 176 valence electrons. The summed E-state index contributed by atoms with van der Waals surface area (Å²) in [7, 11) is 0. The molecule has 0 spiro atoms. The summed E-state index contributed by atoms with van der Waals surface area (Å²) in [4.78, 5) is 24.7. The van der Waals surface area contributed by atoms with Crippen LogP contribution in [0.15, 0.2) is 42.0 Å². The summed E-state index contributed by atoms with van der Waals surface area (Å²) in [5.41, 5.74) is -0.792. The van der Waals surface area contributed by atoms with Crippen LogP contribution in [0, 0.1) is 0 Å². The summed E-state index contributed by atoms with van der Waals surface area (Å²) in [6.45, 7) is 1.72. The Balaban J connectivity index is 1.87. The maximum absolute atomic E-state index is 13.7. The first-order valence-corrected chi connectivity index (χ1v) is 10.2. The number of hydrogen-bond donors (Lipinski definition) is 0. The van der Waals surface area contributed by atoms with Crippen LogP contribution in [0.4, 0.5) is 26.3 Å². The molecule has 1 aliphatic rings. The van der Waals surface area contributed by atoms with Crippen molar-refractivity contribution in [3.05, 3.63) is 74.8 Å². The molecule has 0 aliphatic heterocycles. The Labute approximate surface area is 190 Å². The minimum atomic E-state index is -4.94. The van der Waals surface area contributed by atoms with E-state index in [1.54, 1.807) is 6.92 Å². The van der Waals surface area contributed by atoms with E-state index in [9.17, 15) is 35.9 Å². The summed E-state index contributed by atoms with van der Waals surface area (Å²) in [6.07, 6.45) is -9.46. The van der Waals surface area contributed by atoms with Crippen LogP contribution in [0.25, 0.3) is 6.08 Å².